The van der Waals surface area contributed by atoms with Gasteiger partial charge in [-0.15, -0.1) is 0 Å². The van der Waals surface area contributed by atoms with Crippen LogP contribution in [0.1, 0.15) is 5.56 Å². The van der Waals surface area contributed by atoms with Crippen LogP contribution >= 0.6 is 0 Å². The van der Waals surface area contributed by atoms with Gasteiger partial charge in [-0.1, -0.05) is 0 Å². The Bertz CT molecular complexity index is 707. The number of ether oxygens (including phenoxy) is 1. The Hall–Kier alpha value is -2.71. The summed E-state index contributed by atoms with van der Waals surface area (Å²) in [4.78, 5) is 36.2. The minimum absolute atomic E-state index is 0.0674. The number of anilines is 2. The van der Waals surface area contributed by atoms with Crippen molar-refractivity contribution in [3.05, 3.63) is 23.8 Å². The standard InChI is InChI=1S/C13H11F2N3O4/c1-17-8-3-2-6(4-7(8)13(14,15)11(17)20)18-5-9(10(16)19)22-12(18)21/h2-4,9H,5H2,1H3,(H2,16,19). The number of amides is 3. The molecule has 7 nitrogen and oxygen atoms in total. The first kappa shape index (κ1) is 14.2. The zero-order valence-corrected chi connectivity index (χ0v) is 11.4. The monoisotopic (exact) mass is 311 g/mol. The smallest absolute Gasteiger partial charge is 0.415 e. The molecule has 2 N–H and O–H groups in total. The topological polar surface area (TPSA) is 92.9 Å². The van der Waals surface area contributed by atoms with Gasteiger partial charge in [0, 0.05) is 12.7 Å². The molecule has 0 spiro atoms. The Morgan fingerprint density at radius 2 is 2.09 bits per heavy atom. The average Bonchev–Trinajstić information content (AvgIpc) is 2.93. The predicted octanol–water partition coefficient (Wildman–Crippen LogP) is 0.565. The lowest BCUT2D eigenvalue weighted by Gasteiger charge is -2.15. The molecule has 0 aromatic heterocycles. The van der Waals surface area contributed by atoms with Crippen LogP contribution in [0.15, 0.2) is 18.2 Å². The van der Waals surface area contributed by atoms with Crippen molar-refractivity contribution in [1.29, 1.82) is 0 Å². The Balaban J connectivity index is 1.99. The van der Waals surface area contributed by atoms with Gasteiger partial charge in [0.2, 0.25) is 0 Å². The number of rotatable bonds is 2. The Kier molecular flexibility index (Phi) is 2.84. The lowest BCUT2D eigenvalue weighted by molar-refractivity contribution is -0.141. The summed E-state index contributed by atoms with van der Waals surface area (Å²) in [5, 5.41) is 0. The van der Waals surface area contributed by atoms with Crippen molar-refractivity contribution in [3.8, 4) is 0 Å². The number of nitrogens with two attached hydrogens (primary N) is 1. The van der Waals surface area contributed by atoms with E-state index in [4.69, 9.17) is 10.5 Å². The molecule has 22 heavy (non-hydrogen) atoms. The van der Waals surface area contributed by atoms with E-state index in [9.17, 15) is 23.2 Å². The number of hydrogen-bond acceptors (Lipinski definition) is 4. The second-order valence-corrected chi connectivity index (χ2v) is 5.03. The van der Waals surface area contributed by atoms with Crippen LogP contribution in [0.25, 0.3) is 0 Å². The van der Waals surface area contributed by atoms with Crippen LogP contribution in [0.2, 0.25) is 0 Å². The van der Waals surface area contributed by atoms with Gasteiger partial charge in [-0.05, 0) is 18.2 Å². The van der Waals surface area contributed by atoms with Gasteiger partial charge in [0.15, 0.2) is 6.10 Å². The summed E-state index contributed by atoms with van der Waals surface area (Å²) >= 11 is 0. The molecule has 3 rings (SSSR count). The van der Waals surface area contributed by atoms with Gasteiger partial charge < -0.3 is 15.4 Å². The highest BCUT2D eigenvalue weighted by Crippen LogP contribution is 2.45. The van der Waals surface area contributed by atoms with Crippen LogP contribution in [0.4, 0.5) is 25.0 Å². The number of fused-ring (bicyclic) bond motifs is 1. The molecule has 2 aliphatic rings. The molecule has 9 heteroatoms. The highest BCUT2D eigenvalue weighted by molar-refractivity contribution is 6.06. The summed E-state index contributed by atoms with van der Waals surface area (Å²) in [5.41, 5.74) is 4.74. The molecule has 1 aromatic rings. The highest BCUT2D eigenvalue weighted by atomic mass is 19.3. The molecule has 0 bridgehead atoms. The van der Waals surface area contributed by atoms with E-state index in [1.807, 2.05) is 0 Å². The zero-order valence-electron chi connectivity index (χ0n) is 11.4. The average molecular weight is 311 g/mol. The number of likely N-dealkylation sites (N-methyl/N-ethyl adjacent to an activating group) is 1. The third-order valence-electron chi connectivity index (χ3n) is 3.69. The molecular formula is C13H11F2N3O4. The van der Waals surface area contributed by atoms with E-state index in [0.29, 0.717) is 0 Å². The van der Waals surface area contributed by atoms with Gasteiger partial charge >= 0.3 is 17.9 Å². The van der Waals surface area contributed by atoms with E-state index in [1.54, 1.807) is 0 Å². The van der Waals surface area contributed by atoms with E-state index in [1.165, 1.54) is 19.2 Å². The van der Waals surface area contributed by atoms with Gasteiger partial charge in [-0.3, -0.25) is 14.5 Å². The summed E-state index contributed by atoms with van der Waals surface area (Å²) in [6.07, 6.45) is -1.99. The van der Waals surface area contributed by atoms with Crippen molar-refractivity contribution >= 4 is 29.3 Å². The molecule has 1 atom stereocenters. The fourth-order valence-corrected chi connectivity index (χ4v) is 2.49. The summed E-state index contributed by atoms with van der Waals surface area (Å²) in [5.74, 6) is -5.82. The van der Waals surface area contributed by atoms with Crippen molar-refractivity contribution in [3.63, 3.8) is 0 Å². The van der Waals surface area contributed by atoms with E-state index < -0.39 is 35.5 Å². The fourth-order valence-electron chi connectivity index (χ4n) is 2.49. The highest BCUT2D eigenvalue weighted by Gasteiger charge is 2.52. The molecule has 2 aliphatic heterocycles. The molecule has 2 heterocycles. The number of carbonyl (C=O) groups excluding carboxylic acids is 3. The molecule has 0 radical (unpaired) electrons. The largest absolute Gasteiger partial charge is 0.434 e. The van der Waals surface area contributed by atoms with Crippen LogP contribution in [0.5, 0.6) is 0 Å². The predicted molar refractivity (Wildman–Crippen MR) is 70.6 cm³/mol. The Morgan fingerprint density at radius 3 is 2.68 bits per heavy atom. The van der Waals surface area contributed by atoms with Crippen molar-refractivity contribution in [2.75, 3.05) is 23.4 Å². The number of nitrogens with zero attached hydrogens (tertiary/aromatic N) is 2. The third-order valence-corrected chi connectivity index (χ3v) is 3.69. The molecule has 1 fully saturated rings. The van der Waals surface area contributed by atoms with Crippen molar-refractivity contribution in [2.24, 2.45) is 5.73 Å². The fraction of sp³-hybridized carbons (Fsp3) is 0.308. The minimum atomic E-state index is -3.66. The molecule has 116 valence electrons. The molecule has 1 unspecified atom stereocenters. The summed E-state index contributed by atoms with van der Waals surface area (Å²) in [7, 11) is 1.25. The summed E-state index contributed by atoms with van der Waals surface area (Å²) in [6, 6.07) is 3.75. The maximum Gasteiger partial charge on any atom is 0.415 e. The Labute approximate surface area is 123 Å². The lowest BCUT2D eigenvalue weighted by atomic mass is 10.1. The second-order valence-electron chi connectivity index (χ2n) is 5.03. The minimum Gasteiger partial charge on any atom is -0.434 e. The molecule has 1 saturated heterocycles. The third kappa shape index (κ3) is 1.81. The quantitative estimate of drug-likeness (QED) is 0.864. The second kappa shape index (κ2) is 4.39. The van der Waals surface area contributed by atoms with Crippen LogP contribution in [0.3, 0.4) is 0 Å². The van der Waals surface area contributed by atoms with Gasteiger partial charge in [0.25, 0.3) is 5.91 Å². The lowest BCUT2D eigenvalue weighted by Crippen LogP contribution is -2.32. The van der Waals surface area contributed by atoms with Crippen molar-refractivity contribution in [1.82, 2.24) is 0 Å². The number of alkyl halides is 2. The number of hydrogen-bond donors (Lipinski definition) is 1. The van der Waals surface area contributed by atoms with Crippen LogP contribution in [-0.4, -0.2) is 37.6 Å². The molecule has 0 saturated carbocycles. The van der Waals surface area contributed by atoms with E-state index >= 15 is 0 Å². The van der Waals surface area contributed by atoms with Crippen LogP contribution < -0.4 is 15.5 Å². The van der Waals surface area contributed by atoms with Gasteiger partial charge in [-0.25, -0.2) is 4.79 Å². The van der Waals surface area contributed by atoms with Crippen LogP contribution in [-0.2, 0) is 20.2 Å². The number of cyclic esters (lactones) is 1. The maximum atomic E-state index is 14.0. The number of benzene rings is 1. The first-order valence-electron chi connectivity index (χ1n) is 6.31. The van der Waals surface area contributed by atoms with Gasteiger partial charge in [-0.2, -0.15) is 8.78 Å². The zero-order chi connectivity index (χ0) is 16.2. The maximum absolute atomic E-state index is 14.0. The molecule has 3 amide bonds. The normalized spacial score (nSPS) is 22.8. The summed E-state index contributed by atoms with van der Waals surface area (Å²) < 4.78 is 32.7. The van der Waals surface area contributed by atoms with E-state index in [2.05, 4.69) is 0 Å². The van der Waals surface area contributed by atoms with E-state index in [0.717, 1.165) is 15.9 Å². The van der Waals surface area contributed by atoms with Gasteiger partial charge in [0.05, 0.1) is 17.8 Å². The van der Waals surface area contributed by atoms with E-state index in [-0.39, 0.29) is 17.9 Å². The number of primary amides is 1. The first-order chi connectivity index (χ1) is 10.2. The number of carbonyl (C=O) groups is 3. The van der Waals surface area contributed by atoms with Crippen LogP contribution in [0, 0.1) is 0 Å². The number of halogens is 2. The molecule has 1 aromatic carbocycles. The Morgan fingerprint density at radius 1 is 1.41 bits per heavy atom. The van der Waals surface area contributed by atoms with Gasteiger partial charge in [0.1, 0.15) is 0 Å². The van der Waals surface area contributed by atoms with Crippen molar-refractivity contribution < 1.29 is 27.9 Å². The first-order valence-corrected chi connectivity index (χ1v) is 6.31. The molecular weight excluding hydrogens is 300 g/mol. The van der Waals surface area contributed by atoms with Crippen molar-refractivity contribution in [2.45, 2.75) is 12.0 Å². The molecule has 0 aliphatic carbocycles. The SMILES string of the molecule is CN1C(=O)C(F)(F)c2cc(N3CC(C(N)=O)OC3=O)ccc21. The summed E-state index contributed by atoms with van der Waals surface area (Å²) in [6.45, 7) is -0.164.